The van der Waals surface area contributed by atoms with E-state index in [2.05, 4.69) is 12.0 Å². The molecule has 0 radical (unpaired) electrons. The van der Waals surface area contributed by atoms with Crippen LogP contribution in [0.1, 0.15) is 6.42 Å². The van der Waals surface area contributed by atoms with Gasteiger partial charge in [-0.15, -0.1) is 31.4 Å². The summed E-state index contributed by atoms with van der Waals surface area (Å²) in [7, 11) is 0. The summed E-state index contributed by atoms with van der Waals surface area (Å²) in [4.78, 5) is 0. The maximum absolute atomic E-state index is 4.92. The zero-order valence-electron chi connectivity index (χ0n) is 4.59. The number of hydrogen-bond acceptors (Lipinski definition) is 2. The Bertz CT molecular complexity index is 41.0. The number of hydrazine groups is 1. The lowest BCUT2D eigenvalue weighted by Gasteiger charge is -1.86. The van der Waals surface area contributed by atoms with Crippen molar-refractivity contribution < 1.29 is 0 Å². The van der Waals surface area contributed by atoms with Crippen molar-refractivity contribution in [3.63, 3.8) is 0 Å². The number of nitrogens with one attached hydrogen (secondary N) is 1. The van der Waals surface area contributed by atoms with Gasteiger partial charge in [-0.3, -0.25) is 11.3 Å². The standard InChI is InChI=1S/C4H10N2.2ClH/c1-2-3-4-6-5;;/h2,6H,1,3-5H2;2*1H. The minimum Gasteiger partial charge on any atom is -0.271 e. The molecule has 0 aromatic heterocycles. The fraction of sp³-hybridized carbons (Fsp3) is 0.500. The molecule has 0 bridgehead atoms. The predicted molar refractivity (Wildman–Crippen MR) is 41.5 cm³/mol. The summed E-state index contributed by atoms with van der Waals surface area (Å²) in [6.07, 6.45) is 2.76. The van der Waals surface area contributed by atoms with E-state index in [-0.39, 0.29) is 24.8 Å². The van der Waals surface area contributed by atoms with E-state index in [1.54, 1.807) is 0 Å². The molecule has 0 saturated carbocycles. The summed E-state index contributed by atoms with van der Waals surface area (Å²) in [5.74, 6) is 4.92. The van der Waals surface area contributed by atoms with Gasteiger partial charge in [0.15, 0.2) is 0 Å². The molecule has 0 rings (SSSR count). The van der Waals surface area contributed by atoms with Gasteiger partial charge >= 0.3 is 0 Å². The number of rotatable bonds is 3. The molecule has 4 heteroatoms. The zero-order valence-corrected chi connectivity index (χ0v) is 6.23. The van der Waals surface area contributed by atoms with Crippen LogP contribution in [0.3, 0.4) is 0 Å². The molecule has 8 heavy (non-hydrogen) atoms. The average Bonchev–Trinajstić information content (AvgIpc) is 1.61. The third kappa shape index (κ3) is 16.3. The van der Waals surface area contributed by atoms with Crippen LogP contribution >= 0.6 is 24.8 Å². The van der Waals surface area contributed by atoms with Crippen molar-refractivity contribution >= 4 is 24.8 Å². The second-order valence-electron chi connectivity index (χ2n) is 1.03. The van der Waals surface area contributed by atoms with E-state index in [0.29, 0.717) is 0 Å². The highest BCUT2D eigenvalue weighted by Crippen LogP contribution is 1.69. The van der Waals surface area contributed by atoms with Crippen LogP contribution < -0.4 is 11.3 Å². The highest BCUT2D eigenvalue weighted by Gasteiger charge is 1.68. The second kappa shape index (κ2) is 15.7. The third-order valence-corrected chi connectivity index (χ3v) is 0.493. The maximum Gasteiger partial charge on any atom is 0.0132 e. The summed E-state index contributed by atoms with van der Waals surface area (Å²) in [6, 6.07) is 0. The maximum atomic E-state index is 4.92. The molecule has 0 unspecified atom stereocenters. The first-order chi connectivity index (χ1) is 2.91. The molecule has 0 aliphatic carbocycles. The molecule has 0 aliphatic rings. The predicted octanol–water partition coefficient (Wildman–Crippen LogP) is 0.869. The van der Waals surface area contributed by atoms with Crippen LogP contribution in [0.15, 0.2) is 12.7 Å². The van der Waals surface area contributed by atoms with Gasteiger partial charge in [0, 0.05) is 6.54 Å². The first-order valence-electron chi connectivity index (χ1n) is 1.96. The van der Waals surface area contributed by atoms with Crippen molar-refractivity contribution in [2.75, 3.05) is 6.54 Å². The summed E-state index contributed by atoms with van der Waals surface area (Å²) < 4.78 is 0. The van der Waals surface area contributed by atoms with Crippen molar-refractivity contribution in [3.05, 3.63) is 12.7 Å². The molecule has 0 spiro atoms. The van der Waals surface area contributed by atoms with Crippen molar-refractivity contribution in [2.24, 2.45) is 5.84 Å². The van der Waals surface area contributed by atoms with Gasteiger partial charge in [-0.25, -0.2) is 0 Å². The highest BCUT2D eigenvalue weighted by atomic mass is 35.5. The normalized spacial score (nSPS) is 6.12. The van der Waals surface area contributed by atoms with Crippen molar-refractivity contribution in [1.82, 2.24) is 5.43 Å². The lowest BCUT2D eigenvalue weighted by molar-refractivity contribution is 0.740. The van der Waals surface area contributed by atoms with Gasteiger partial charge in [0.2, 0.25) is 0 Å². The SMILES string of the molecule is C=CCCNN.Cl.Cl. The zero-order chi connectivity index (χ0) is 4.83. The summed E-state index contributed by atoms with van der Waals surface area (Å²) in [5, 5.41) is 0. The van der Waals surface area contributed by atoms with E-state index in [0.717, 1.165) is 13.0 Å². The molecule has 3 N–H and O–H groups in total. The monoisotopic (exact) mass is 158 g/mol. The van der Waals surface area contributed by atoms with Crippen LogP contribution in [0.2, 0.25) is 0 Å². The van der Waals surface area contributed by atoms with Crippen LogP contribution in [0.25, 0.3) is 0 Å². The number of nitrogens with two attached hydrogens (primary N) is 1. The fourth-order valence-corrected chi connectivity index (χ4v) is 0.185. The topological polar surface area (TPSA) is 38.0 Å². The first-order valence-corrected chi connectivity index (χ1v) is 1.96. The Balaban J connectivity index is -0.000000125. The molecule has 2 nitrogen and oxygen atoms in total. The van der Waals surface area contributed by atoms with Crippen LogP contribution in [0, 0.1) is 0 Å². The molecule has 0 heterocycles. The Morgan fingerprint density at radius 1 is 1.50 bits per heavy atom. The Hall–Kier alpha value is 0.240. The van der Waals surface area contributed by atoms with Gasteiger partial charge in [-0.05, 0) is 6.42 Å². The molecule has 0 saturated heterocycles. The quantitative estimate of drug-likeness (QED) is 0.277. The van der Waals surface area contributed by atoms with Gasteiger partial charge in [0.05, 0.1) is 0 Å². The minimum absolute atomic E-state index is 0. The van der Waals surface area contributed by atoms with Crippen molar-refractivity contribution in [3.8, 4) is 0 Å². The largest absolute Gasteiger partial charge is 0.271 e. The third-order valence-electron chi connectivity index (χ3n) is 0.493. The van der Waals surface area contributed by atoms with Crippen LogP contribution in [-0.2, 0) is 0 Å². The molecule has 0 aromatic carbocycles. The summed E-state index contributed by atoms with van der Waals surface area (Å²) >= 11 is 0. The first kappa shape index (κ1) is 15.7. The summed E-state index contributed by atoms with van der Waals surface area (Å²) in [6.45, 7) is 4.33. The van der Waals surface area contributed by atoms with Crippen LogP contribution in [-0.4, -0.2) is 6.54 Å². The molecule has 0 fully saturated rings. The van der Waals surface area contributed by atoms with E-state index >= 15 is 0 Å². The van der Waals surface area contributed by atoms with Crippen LogP contribution in [0.4, 0.5) is 0 Å². The van der Waals surface area contributed by atoms with Gasteiger partial charge in [-0.2, -0.15) is 0 Å². The number of hydrogen-bond donors (Lipinski definition) is 2. The Labute approximate surface area is 62.3 Å². The molecule has 0 aliphatic heterocycles. The Morgan fingerprint density at radius 3 is 2.12 bits per heavy atom. The van der Waals surface area contributed by atoms with Gasteiger partial charge in [0.1, 0.15) is 0 Å². The lowest BCUT2D eigenvalue weighted by atomic mass is 10.4. The van der Waals surface area contributed by atoms with Gasteiger partial charge in [-0.1, -0.05) is 6.08 Å². The van der Waals surface area contributed by atoms with E-state index in [1.165, 1.54) is 0 Å². The van der Waals surface area contributed by atoms with E-state index in [4.69, 9.17) is 5.84 Å². The lowest BCUT2D eigenvalue weighted by Crippen LogP contribution is -2.22. The second-order valence-corrected chi connectivity index (χ2v) is 1.03. The number of halogens is 2. The highest BCUT2D eigenvalue weighted by molar-refractivity contribution is 5.85. The molecule has 0 atom stereocenters. The van der Waals surface area contributed by atoms with Gasteiger partial charge < -0.3 is 0 Å². The van der Waals surface area contributed by atoms with Crippen molar-refractivity contribution in [2.45, 2.75) is 6.42 Å². The minimum atomic E-state index is 0. The van der Waals surface area contributed by atoms with Gasteiger partial charge in [0.25, 0.3) is 0 Å². The fourth-order valence-electron chi connectivity index (χ4n) is 0.185. The van der Waals surface area contributed by atoms with E-state index < -0.39 is 0 Å². The molecule has 52 valence electrons. The molecule has 0 aromatic rings. The van der Waals surface area contributed by atoms with E-state index in [1.807, 2.05) is 6.08 Å². The van der Waals surface area contributed by atoms with Crippen molar-refractivity contribution in [1.29, 1.82) is 0 Å². The summed E-state index contributed by atoms with van der Waals surface area (Å²) in [5.41, 5.74) is 2.50. The average molecular weight is 159 g/mol. The Kier molecular flexibility index (Phi) is 30.8. The molecular formula is C4H12Cl2N2. The van der Waals surface area contributed by atoms with Crippen LogP contribution in [0.5, 0.6) is 0 Å². The molecular weight excluding hydrogens is 147 g/mol. The van der Waals surface area contributed by atoms with E-state index in [9.17, 15) is 0 Å². The smallest absolute Gasteiger partial charge is 0.0132 e. The Morgan fingerprint density at radius 2 is 2.00 bits per heavy atom. The molecule has 0 amide bonds.